The summed E-state index contributed by atoms with van der Waals surface area (Å²) in [4.78, 5) is 17.7. The molecule has 2 aromatic carbocycles. The van der Waals surface area contributed by atoms with E-state index in [2.05, 4.69) is 27.5 Å². The van der Waals surface area contributed by atoms with Crippen LogP contribution in [0, 0.1) is 13.8 Å². The number of carbonyl (C=O) groups excluding carboxylic acids is 1. The fourth-order valence-electron chi connectivity index (χ4n) is 3.40. The summed E-state index contributed by atoms with van der Waals surface area (Å²) in [6, 6.07) is 19.1. The average molecular weight is 386 g/mol. The Balaban J connectivity index is 1.71. The highest BCUT2D eigenvalue weighted by Crippen LogP contribution is 2.24. The molecule has 0 saturated heterocycles. The first-order chi connectivity index (χ1) is 14.0. The van der Waals surface area contributed by atoms with Crippen LogP contribution in [-0.2, 0) is 6.54 Å². The third-order valence-corrected chi connectivity index (χ3v) is 4.77. The van der Waals surface area contributed by atoms with E-state index in [1.807, 2.05) is 67.1 Å². The van der Waals surface area contributed by atoms with Crippen molar-refractivity contribution in [2.24, 2.45) is 0 Å². The number of aromatic nitrogens is 3. The van der Waals surface area contributed by atoms with E-state index >= 15 is 0 Å². The van der Waals surface area contributed by atoms with Crippen molar-refractivity contribution in [2.75, 3.05) is 12.4 Å². The van der Waals surface area contributed by atoms with Crippen LogP contribution < -0.4 is 10.1 Å². The van der Waals surface area contributed by atoms with Gasteiger partial charge in [0.25, 0.3) is 5.91 Å². The van der Waals surface area contributed by atoms with Crippen LogP contribution in [0.2, 0.25) is 0 Å². The predicted octanol–water partition coefficient (Wildman–Crippen LogP) is 4.36. The summed E-state index contributed by atoms with van der Waals surface area (Å²) in [5.41, 5.74) is 4.67. The average Bonchev–Trinajstić information content (AvgIpc) is 3.03. The predicted molar refractivity (Wildman–Crippen MR) is 113 cm³/mol. The molecule has 0 unspecified atom stereocenters. The lowest BCUT2D eigenvalue weighted by atomic mass is 10.1. The van der Waals surface area contributed by atoms with E-state index in [0.717, 1.165) is 28.1 Å². The number of anilines is 1. The highest BCUT2D eigenvalue weighted by molar-refractivity contribution is 6.12. The molecule has 1 N–H and O–H groups in total. The minimum atomic E-state index is -0.187. The van der Waals surface area contributed by atoms with Gasteiger partial charge in [-0.2, -0.15) is 5.10 Å². The Morgan fingerprint density at radius 3 is 2.48 bits per heavy atom. The van der Waals surface area contributed by atoms with Crippen molar-refractivity contribution < 1.29 is 9.53 Å². The second-order valence-corrected chi connectivity index (χ2v) is 6.92. The molecule has 0 spiro atoms. The first-order valence-corrected chi connectivity index (χ1v) is 9.39. The highest BCUT2D eigenvalue weighted by Gasteiger charge is 2.19. The van der Waals surface area contributed by atoms with Gasteiger partial charge in [-0.25, -0.2) is 9.67 Å². The van der Waals surface area contributed by atoms with E-state index in [4.69, 9.17) is 4.74 Å². The number of fused-ring (bicyclic) bond motifs is 1. The normalized spacial score (nSPS) is 10.9. The summed E-state index contributed by atoms with van der Waals surface area (Å²) in [6.45, 7) is 4.39. The number of ether oxygens (including phenoxy) is 1. The lowest BCUT2D eigenvalue weighted by Gasteiger charge is -2.09. The zero-order valence-electron chi connectivity index (χ0n) is 16.6. The van der Waals surface area contributed by atoms with Crippen LogP contribution in [0.25, 0.3) is 11.0 Å². The summed E-state index contributed by atoms with van der Waals surface area (Å²) in [7, 11) is 1.61. The van der Waals surface area contributed by atoms with Crippen molar-refractivity contribution in [1.29, 1.82) is 0 Å². The number of nitrogens with zero attached hydrogens (tertiary/aromatic N) is 3. The third kappa shape index (κ3) is 3.82. The summed E-state index contributed by atoms with van der Waals surface area (Å²) in [5.74, 6) is 0.552. The zero-order chi connectivity index (χ0) is 20.4. The van der Waals surface area contributed by atoms with Gasteiger partial charge in [-0.15, -0.1) is 0 Å². The molecule has 0 aliphatic heterocycles. The maximum Gasteiger partial charge on any atom is 0.256 e. The number of hydrogen-bond donors (Lipinski definition) is 1. The van der Waals surface area contributed by atoms with Gasteiger partial charge >= 0.3 is 0 Å². The fourth-order valence-corrected chi connectivity index (χ4v) is 3.40. The Kier molecular flexibility index (Phi) is 4.99. The SMILES string of the molecule is COc1ccc(NC(=O)c2cc(C)nc3c2c(C)nn3Cc2ccccc2)cc1. The number of hydrogen-bond acceptors (Lipinski definition) is 4. The first kappa shape index (κ1) is 18.7. The van der Waals surface area contributed by atoms with Crippen LogP contribution in [0.3, 0.4) is 0 Å². The molecule has 2 aromatic heterocycles. The number of rotatable bonds is 5. The van der Waals surface area contributed by atoms with Gasteiger partial charge in [0.05, 0.1) is 30.3 Å². The lowest BCUT2D eigenvalue weighted by molar-refractivity contribution is 0.102. The van der Waals surface area contributed by atoms with Gasteiger partial charge in [-0.05, 0) is 49.7 Å². The van der Waals surface area contributed by atoms with Gasteiger partial charge in [0.15, 0.2) is 5.65 Å². The number of carbonyl (C=O) groups is 1. The number of methoxy groups -OCH3 is 1. The number of amides is 1. The van der Waals surface area contributed by atoms with Gasteiger partial charge < -0.3 is 10.1 Å². The topological polar surface area (TPSA) is 69.0 Å². The fraction of sp³-hybridized carbons (Fsp3) is 0.174. The Morgan fingerprint density at radius 2 is 1.79 bits per heavy atom. The van der Waals surface area contributed by atoms with E-state index in [-0.39, 0.29) is 5.91 Å². The standard InChI is InChI=1S/C23H22N4O2/c1-15-13-20(23(28)25-18-9-11-19(29-3)12-10-18)21-16(2)26-27(22(21)24-15)14-17-7-5-4-6-8-17/h4-13H,14H2,1-3H3,(H,25,28). The molecular formula is C23H22N4O2. The molecule has 1 amide bonds. The first-order valence-electron chi connectivity index (χ1n) is 9.39. The number of aryl methyl sites for hydroxylation is 2. The molecule has 0 aliphatic rings. The molecule has 0 atom stereocenters. The van der Waals surface area contributed by atoms with Gasteiger partial charge in [0.1, 0.15) is 5.75 Å². The number of pyridine rings is 1. The lowest BCUT2D eigenvalue weighted by Crippen LogP contribution is -2.13. The second kappa shape index (κ2) is 7.75. The van der Waals surface area contributed by atoms with Crippen molar-refractivity contribution >= 4 is 22.6 Å². The van der Waals surface area contributed by atoms with Gasteiger partial charge in [0.2, 0.25) is 0 Å². The molecule has 29 heavy (non-hydrogen) atoms. The molecule has 2 heterocycles. The Morgan fingerprint density at radius 1 is 1.07 bits per heavy atom. The molecule has 6 heteroatoms. The zero-order valence-corrected chi connectivity index (χ0v) is 16.6. The summed E-state index contributed by atoms with van der Waals surface area (Å²) in [5, 5.41) is 8.39. The minimum absolute atomic E-state index is 0.187. The van der Waals surface area contributed by atoms with E-state index < -0.39 is 0 Å². The molecule has 0 fully saturated rings. The molecule has 146 valence electrons. The van der Waals surface area contributed by atoms with Crippen molar-refractivity contribution in [1.82, 2.24) is 14.8 Å². The Hall–Kier alpha value is -3.67. The highest BCUT2D eigenvalue weighted by atomic mass is 16.5. The Bertz CT molecular complexity index is 1170. The van der Waals surface area contributed by atoms with Crippen LogP contribution in [0.5, 0.6) is 5.75 Å². The summed E-state index contributed by atoms with van der Waals surface area (Å²) in [6.07, 6.45) is 0. The van der Waals surface area contributed by atoms with E-state index in [0.29, 0.717) is 23.4 Å². The van der Waals surface area contributed by atoms with Crippen LogP contribution in [-0.4, -0.2) is 27.8 Å². The maximum absolute atomic E-state index is 13.0. The number of nitrogens with one attached hydrogen (secondary N) is 1. The van der Waals surface area contributed by atoms with Crippen molar-refractivity contribution in [2.45, 2.75) is 20.4 Å². The quantitative estimate of drug-likeness (QED) is 0.553. The molecule has 0 radical (unpaired) electrons. The molecule has 0 saturated carbocycles. The van der Waals surface area contributed by atoms with Crippen LogP contribution >= 0.6 is 0 Å². The smallest absolute Gasteiger partial charge is 0.256 e. The molecular weight excluding hydrogens is 364 g/mol. The van der Waals surface area contributed by atoms with Crippen LogP contribution in [0.1, 0.15) is 27.3 Å². The largest absolute Gasteiger partial charge is 0.497 e. The maximum atomic E-state index is 13.0. The minimum Gasteiger partial charge on any atom is -0.497 e. The number of benzene rings is 2. The van der Waals surface area contributed by atoms with Crippen molar-refractivity contribution in [3.63, 3.8) is 0 Å². The molecule has 4 rings (SSSR count). The van der Waals surface area contributed by atoms with Crippen molar-refractivity contribution in [3.05, 3.63) is 83.2 Å². The van der Waals surface area contributed by atoms with E-state index in [1.54, 1.807) is 7.11 Å². The Labute approximate surface area is 169 Å². The van der Waals surface area contributed by atoms with Crippen molar-refractivity contribution in [3.8, 4) is 5.75 Å². The monoisotopic (exact) mass is 386 g/mol. The molecule has 0 bridgehead atoms. The van der Waals surface area contributed by atoms with Gasteiger partial charge in [0, 0.05) is 11.4 Å². The van der Waals surface area contributed by atoms with E-state index in [9.17, 15) is 4.79 Å². The van der Waals surface area contributed by atoms with Gasteiger partial charge in [-0.3, -0.25) is 4.79 Å². The molecule has 6 nitrogen and oxygen atoms in total. The molecule has 4 aromatic rings. The summed E-state index contributed by atoms with van der Waals surface area (Å²) >= 11 is 0. The second-order valence-electron chi connectivity index (χ2n) is 6.92. The van der Waals surface area contributed by atoms with Crippen LogP contribution in [0.15, 0.2) is 60.7 Å². The summed E-state index contributed by atoms with van der Waals surface area (Å²) < 4.78 is 7.03. The van der Waals surface area contributed by atoms with Gasteiger partial charge in [-0.1, -0.05) is 30.3 Å². The third-order valence-electron chi connectivity index (χ3n) is 4.77. The van der Waals surface area contributed by atoms with Crippen LogP contribution in [0.4, 0.5) is 5.69 Å². The molecule has 0 aliphatic carbocycles. The van der Waals surface area contributed by atoms with E-state index in [1.165, 1.54) is 0 Å².